The van der Waals surface area contributed by atoms with Crippen LogP contribution in [0.4, 0.5) is 11.6 Å². The molecular formula is C19H20B5ClN8. The third-order valence-corrected chi connectivity index (χ3v) is 6.78. The second-order valence-corrected chi connectivity index (χ2v) is 8.65. The number of fused-ring (bicyclic) bond motifs is 1. The summed E-state index contributed by atoms with van der Waals surface area (Å²) in [6, 6.07) is 3.77. The number of halogens is 1. The molecule has 8 nitrogen and oxygen atoms in total. The van der Waals surface area contributed by atoms with E-state index in [0.717, 1.165) is 27.7 Å². The molecule has 3 heterocycles. The molecule has 0 radical (unpaired) electrons. The maximum absolute atomic E-state index is 9.53. The fourth-order valence-corrected chi connectivity index (χ4v) is 4.36. The van der Waals surface area contributed by atoms with E-state index in [2.05, 4.69) is 65.6 Å². The fourth-order valence-electron chi connectivity index (χ4n) is 4.18. The molecule has 158 valence electrons. The summed E-state index contributed by atoms with van der Waals surface area (Å²) < 4.78 is 1.64. The summed E-state index contributed by atoms with van der Waals surface area (Å²) in [4.78, 5) is 12.5. The number of anilines is 2. The Morgan fingerprint density at radius 1 is 1.06 bits per heavy atom. The topological polar surface area (TPSA) is 118 Å². The Morgan fingerprint density at radius 3 is 2.33 bits per heavy atom. The highest BCUT2D eigenvalue weighted by molar-refractivity contribution is 6.68. The van der Waals surface area contributed by atoms with Crippen LogP contribution in [0.2, 0.25) is 5.15 Å². The summed E-state index contributed by atoms with van der Waals surface area (Å²) in [6.07, 6.45) is 2.92. The Hall–Kier alpha value is -3.38. The first-order valence-corrected chi connectivity index (χ1v) is 10.9. The number of nitrogen functional groups attached to an aromatic ring is 1. The highest BCUT2D eigenvalue weighted by Gasteiger charge is 2.23. The lowest BCUT2D eigenvalue weighted by Gasteiger charge is -2.24. The minimum absolute atomic E-state index is 0.132. The molecule has 1 aromatic carbocycles. The average Bonchev–Trinajstić information content (AvgIpc) is 3.16. The largest absolute Gasteiger partial charge is 0.382 e. The second kappa shape index (κ2) is 8.52. The summed E-state index contributed by atoms with van der Waals surface area (Å²) in [5, 5.41) is 18.2. The van der Waals surface area contributed by atoms with Crippen molar-refractivity contribution in [2.24, 2.45) is 0 Å². The number of rotatable bonds is 4. The van der Waals surface area contributed by atoms with Crippen LogP contribution in [0.5, 0.6) is 0 Å². The maximum Gasteiger partial charge on any atom is 0.155 e. The highest BCUT2D eigenvalue weighted by Crippen LogP contribution is 2.29. The van der Waals surface area contributed by atoms with Crippen LogP contribution >= 0.6 is 11.6 Å². The van der Waals surface area contributed by atoms with E-state index in [1.165, 1.54) is 22.7 Å². The van der Waals surface area contributed by atoms with Crippen LogP contribution in [-0.4, -0.2) is 63.8 Å². The van der Waals surface area contributed by atoms with Crippen molar-refractivity contribution < 1.29 is 0 Å². The number of imidazole rings is 1. The molecule has 0 spiro atoms. The van der Waals surface area contributed by atoms with Gasteiger partial charge in [0.25, 0.3) is 0 Å². The minimum Gasteiger partial charge on any atom is -0.382 e. The van der Waals surface area contributed by atoms with Crippen LogP contribution < -0.4 is 38.4 Å². The van der Waals surface area contributed by atoms with Crippen molar-refractivity contribution in [3.8, 4) is 17.3 Å². The van der Waals surface area contributed by atoms with Crippen LogP contribution in [0.1, 0.15) is 24.1 Å². The third kappa shape index (κ3) is 3.74. The van der Waals surface area contributed by atoms with Gasteiger partial charge in [-0.1, -0.05) is 22.5 Å². The maximum atomic E-state index is 9.53. The zero-order valence-electron chi connectivity index (χ0n) is 19.4. The lowest BCUT2D eigenvalue weighted by atomic mass is 9.60. The number of hydrogen-bond donors (Lipinski definition) is 2. The minimum atomic E-state index is -0.268. The van der Waals surface area contributed by atoms with Crippen LogP contribution in [-0.2, 0) is 0 Å². The molecule has 4 rings (SSSR count). The van der Waals surface area contributed by atoms with Gasteiger partial charge < -0.3 is 11.1 Å². The van der Waals surface area contributed by atoms with Crippen LogP contribution in [0, 0.1) is 11.3 Å². The number of hydrogen-bond acceptors (Lipinski definition) is 7. The van der Waals surface area contributed by atoms with E-state index in [4.69, 9.17) is 22.4 Å². The molecule has 4 aromatic rings. The Morgan fingerprint density at radius 2 is 1.70 bits per heavy atom. The average molecular weight is 450 g/mol. The first kappa shape index (κ1) is 22.8. The van der Waals surface area contributed by atoms with Crippen molar-refractivity contribution in [3.05, 3.63) is 34.9 Å². The molecule has 0 fully saturated rings. The summed E-state index contributed by atoms with van der Waals surface area (Å²) >= 11 is 6.37. The Labute approximate surface area is 201 Å². The molecular weight excluding hydrogens is 430 g/mol. The molecule has 33 heavy (non-hydrogen) atoms. The first-order valence-electron chi connectivity index (χ1n) is 10.5. The number of nitrogens with one attached hydrogen (secondary N) is 1. The highest BCUT2D eigenvalue weighted by atomic mass is 35.5. The molecule has 0 bridgehead atoms. The predicted octanol–water partition coefficient (Wildman–Crippen LogP) is -5.24. The number of benzene rings is 1. The van der Waals surface area contributed by atoms with Gasteiger partial charge in [0, 0.05) is 5.56 Å². The van der Waals surface area contributed by atoms with Gasteiger partial charge in [-0.3, -0.25) is 0 Å². The number of nitrogens with zero attached hydrogens (tertiary/aromatic N) is 6. The number of nitriles is 1. The van der Waals surface area contributed by atoms with Crippen molar-refractivity contribution >= 4 is 95.4 Å². The van der Waals surface area contributed by atoms with E-state index in [0.29, 0.717) is 16.6 Å². The van der Waals surface area contributed by atoms with E-state index in [1.807, 2.05) is 13.0 Å². The molecule has 1 unspecified atom stereocenters. The van der Waals surface area contributed by atoms with Gasteiger partial charge in [-0.2, -0.15) is 10.4 Å². The molecule has 3 aromatic heterocycles. The molecule has 0 aliphatic rings. The summed E-state index contributed by atoms with van der Waals surface area (Å²) in [5.41, 5.74) is 15.5. The van der Waals surface area contributed by atoms with Gasteiger partial charge in [-0.25, -0.2) is 19.5 Å². The third-order valence-electron chi connectivity index (χ3n) is 6.53. The van der Waals surface area contributed by atoms with Crippen molar-refractivity contribution in [1.29, 1.82) is 5.26 Å². The molecule has 0 aliphatic carbocycles. The smallest absolute Gasteiger partial charge is 0.155 e. The lowest BCUT2D eigenvalue weighted by Crippen LogP contribution is -2.55. The van der Waals surface area contributed by atoms with Crippen molar-refractivity contribution in [2.45, 2.75) is 13.0 Å². The molecule has 0 saturated heterocycles. The monoisotopic (exact) mass is 450 g/mol. The van der Waals surface area contributed by atoms with Crippen molar-refractivity contribution in [2.75, 3.05) is 11.1 Å². The SMILES string of the molecule is Bc1c(B)c(B)c(-c2nn3c(Cl)cnc3cc2C(C)Nc2ncnc(N)c2C#N)c(B)c1B. The van der Waals surface area contributed by atoms with E-state index < -0.39 is 0 Å². The van der Waals surface area contributed by atoms with Gasteiger partial charge in [0.15, 0.2) is 10.8 Å². The molecule has 0 aliphatic heterocycles. The van der Waals surface area contributed by atoms with Gasteiger partial charge in [0.1, 0.15) is 68.8 Å². The van der Waals surface area contributed by atoms with E-state index in [1.54, 1.807) is 10.7 Å². The molecule has 0 amide bonds. The van der Waals surface area contributed by atoms with E-state index in [9.17, 15) is 5.26 Å². The Kier molecular flexibility index (Phi) is 5.89. The van der Waals surface area contributed by atoms with Crippen LogP contribution in [0.25, 0.3) is 16.9 Å². The standard InChI is InChI=1S/C19H20B5ClN8/c1-6(31-19-8(3-26)18(27)29-5-30-19)7-2-10-28-4-9(25)33(10)32-17(7)11-12(20)14(22)16(24)15(23)13(11)21/h2,4-6H,20-24H2,1H3,(H3,27,29,30,31). The Balaban J connectivity index is 1.97. The van der Waals surface area contributed by atoms with E-state index >= 15 is 0 Å². The predicted molar refractivity (Wildman–Crippen MR) is 148 cm³/mol. The molecule has 3 N–H and O–H groups in total. The number of aromatic nitrogens is 5. The van der Waals surface area contributed by atoms with Gasteiger partial charge in [-0.05, 0) is 18.6 Å². The molecule has 0 saturated carbocycles. The summed E-state index contributed by atoms with van der Waals surface area (Å²) in [5.74, 6) is 0.502. The Bertz CT molecular complexity index is 1440. The van der Waals surface area contributed by atoms with Gasteiger partial charge in [0.05, 0.1) is 17.9 Å². The van der Waals surface area contributed by atoms with E-state index in [-0.39, 0.29) is 17.4 Å². The van der Waals surface area contributed by atoms with Gasteiger partial charge in [0.2, 0.25) is 0 Å². The zero-order chi connectivity index (χ0) is 24.0. The van der Waals surface area contributed by atoms with Crippen molar-refractivity contribution in [1.82, 2.24) is 24.6 Å². The van der Waals surface area contributed by atoms with Crippen LogP contribution in [0.3, 0.4) is 0 Å². The number of nitrogens with two attached hydrogens (primary N) is 1. The van der Waals surface area contributed by atoms with Gasteiger partial charge in [-0.15, -0.1) is 16.4 Å². The zero-order valence-corrected chi connectivity index (χ0v) is 20.2. The summed E-state index contributed by atoms with van der Waals surface area (Å²) in [6.45, 7) is 1.99. The fraction of sp³-hybridized carbons (Fsp3) is 0.105. The summed E-state index contributed by atoms with van der Waals surface area (Å²) in [7, 11) is 10.6. The normalized spacial score (nSPS) is 11.9. The second-order valence-electron chi connectivity index (χ2n) is 8.26. The van der Waals surface area contributed by atoms with Crippen molar-refractivity contribution in [3.63, 3.8) is 0 Å². The van der Waals surface area contributed by atoms with Gasteiger partial charge >= 0.3 is 0 Å². The van der Waals surface area contributed by atoms with Crippen LogP contribution in [0.15, 0.2) is 18.6 Å². The molecule has 14 heteroatoms. The first-order chi connectivity index (χ1) is 15.6. The molecule has 1 atom stereocenters. The quantitative estimate of drug-likeness (QED) is 0.299. The lowest BCUT2D eigenvalue weighted by molar-refractivity contribution is 0.841.